The lowest BCUT2D eigenvalue weighted by Gasteiger charge is -2.48. The summed E-state index contributed by atoms with van der Waals surface area (Å²) >= 11 is 6.57. The van der Waals surface area contributed by atoms with Crippen LogP contribution in [-0.4, -0.2) is 50.7 Å². The maximum atomic E-state index is 12.1. The molecule has 1 amide bonds. The number of rotatable bonds is 6. The lowest BCUT2D eigenvalue weighted by Crippen LogP contribution is -2.75. The Labute approximate surface area is 202 Å². The number of benzene rings is 2. The first-order valence-corrected chi connectivity index (χ1v) is 11.6. The van der Waals surface area contributed by atoms with Gasteiger partial charge < -0.3 is 16.0 Å². The number of aromatic nitrogens is 4. The number of carbonyl (C=O) groups is 1. The van der Waals surface area contributed by atoms with Gasteiger partial charge in [0.1, 0.15) is 17.1 Å². The van der Waals surface area contributed by atoms with Crippen molar-refractivity contribution in [3.63, 3.8) is 0 Å². The molecule has 0 atom stereocenters. The van der Waals surface area contributed by atoms with Crippen LogP contribution in [0.4, 0.5) is 5.95 Å². The number of nitrogens with two attached hydrogens (primary N) is 1. The van der Waals surface area contributed by atoms with Crippen LogP contribution in [0.5, 0.6) is 0 Å². The van der Waals surface area contributed by atoms with Crippen LogP contribution in [0.15, 0.2) is 48.5 Å². The molecule has 174 valence electrons. The van der Waals surface area contributed by atoms with Crippen molar-refractivity contribution in [2.45, 2.75) is 26.3 Å². The highest BCUT2D eigenvalue weighted by Gasteiger charge is 2.48. The summed E-state index contributed by atoms with van der Waals surface area (Å²) in [7, 11) is 0. The number of carbonyl (C=O) groups excluding carboxylic acids is 1. The minimum atomic E-state index is -0.763. The van der Waals surface area contributed by atoms with E-state index in [0.717, 1.165) is 27.9 Å². The molecular weight excluding hydrogens is 450 g/mol. The molecule has 9 heteroatoms. The Morgan fingerprint density at radius 1 is 1.12 bits per heavy atom. The molecule has 34 heavy (non-hydrogen) atoms. The fourth-order valence-electron chi connectivity index (χ4n) is 4.46. The Balaban J connectivity index is 1.68. The molecule has 0 spiro atoms. The van der Waals surface area contributed by atoms with Crippen molar-refractivity contribution in [2.75, 3.05) is 24.5 Å². The van der Waals surface area contributed by atoms with E-state index in [4.69, 9.17) is 27.4 Å². The number of anilines is 1. The average molecular weight is 476 g/mol. The Hall–Kier alpha value is -3.49. The molecule has 1 saturated heterocycles. The van der Waals surface area contributed by atoms with Crippen LogP contribution in [0.3, 0.4) is 0 Å². The van der Waals surface area contributed by atoms with E-state index in [1.807, 2.05) is 43.0 Å². The maximum Gasteiger partial charge on any atom is 0.241 e. The predicted octanol–water partition coefficient (Wildman–Crippen LogP) is 3.38. The molecule has 2 aromatic carbocycles. The fourth-order valence-corrected chi connectivity index (χ4v) is 4.68. The highest BCUT2D eigenvalue weighted by molar-refractivity contribution is 6.33. The lowest BCUT2D eigenvalue weighted by atomic mass is 9.89. The van der Waals surface area contributed by atoms with Gasteiger partial charge in [0.05, 0.1) is 10.6 Å². The minimum Gasteiger partial charge on any atom is -0.368 e. The van der Waals surface area contributed by atoms with Crippen LogP contribution in [0.25, 0.3) is 28.0 Å². The molecule has 0 saturated carbocycles. The SMILES string of the molecule is CCNC1(C(N)=O)CN(c2nc(C)n3nc(-c4ccccc4Cl)c(-c4ccc(C)cc4)c3n2)C1. The molecule has 3 heterocycles. The third kappa shape index (κ3) is 3.59. The molecule has 3 N–H and O–H groups in total. The van der Waals surface area contributed by atoms with Crippen LogP contribution in [0, 0.1) is 13.8 Å². The van der Waals surface area contributed by atoms with E-state index in [2.05, 4.69) is 41.5 Å². The molecule has 1 aliphatic rings. The normalized spacial score (nSPS) is 14.9. The van der Waals surface area contributed by atoms with E-state index >= 15 is 0 Å². The van der Waals surface area contributed by atoms with Crippen molar-refractivity contribution in [1.29, 1.82) is 0 Å². The van der Waals surface area contributed by atoms with Crippen molar-refractivity contribution in [1.82, 2.24) is 24.9 Å². The molecule has 1 aliphatic heterocycles. The number of hydrogen-bond acceptors (Lipinski definition) is 6. The van der Waals surface area contributed by atoms with Crippen molar-refractivity contribution in [3.8, 4) is 22.4 Å². The first-order valence-electron chi connectivity index (χ1n) is 11.2. The van der Waals surface area contributed by atoms with Gasteiger partial charge in [-0.3, -0.25) is 4.79 Å². The van der Waals surface area contributed by atoms with Gasteiger partial charge in [-0.15, -0.1) is 0 Å². The Bertz CT molecular complexity index is 1390. The molecule has 0 aliphatic carbocycles. The number of likely N-dealkylation sites (N-methyl/N-ethyl adjacent to an activating group) is 1. The van der Waals surface area contributed by atoms with Gasteiger partial charge in [0.2, 0.25) is 11.9 Å². The van der Waals surface area contributed by atoms with Crippen LogP contribution >= 0.6 is 11.6 Å². The molecule has 2 aromatic heterocycles. The van der Waals surface area contributed by atoms with E-state index in [1.165, 1.54) is 0 Å². The van der Waals surface area contributed by atoms with Gasteiger partial charge in [0.25, 0.3) is 0 Å². The predicted molar refractivity (Wildman–Crippen MR) is 134 cm³/mol. The monoisotopic (exact) mass is 475 g/mol. The zero-order valence-electron chi connectivity index (χ0n) is 19.3. The number of halogens is 1. The number of nitrogens with one attached hydrogen (secondary N) is 1. The third-order valence-corrected chi connectivity index (χ3v) is 6.63. The quantitative estimate of drug-likeness (QED) is 0.443. The fraction of sp³-hybridized carbons (Fsp3) is 0.280. The molecule has 4 aromatic rings. The van der Waals surface area contributed by atoms with Gasteiger partial charge in [-0.05, 0) is 32.0 Å². The molecule has 5 rings (SSSR count). The van der Waals surface area contributed by atoms with Gasteiger partial charge in [-0.2, -0.15) is 19.6 Å². The minimum absolute atomic E-state index is 0.367. The van der Waals surface area contributed by atoms with Gasteiger partial charge >= 0.3 is 0 Å². The Morgan fingerprint density at radius 3 is 2.47 bits per heavy atom. The summed E-state index contributed by atoms with van der Waals surface area (Å²) in [6.07, 6.45) is 0. The van der Waals surface area contributed by atoms with Gasteiger partial charge in [-0.1, -0.05) is 66.6 Å². The zero-order chi connectivity index (χ0) is 24.0. The van der Waals surface area contributed by atoms with Crippen LogP contribution < -0.4 is 16.0 Å². The summed E-state index contributed by atoms with van der Waals surface area (Å²) in [5.41, 5.74) is 10.2. The number of hydrogen-bond donors (Lipinski definition) is 2. The molecule has 0 unspecified atom stereocenters. The highest BCUT2D eigenvalue weighted by Crippen LogP contribution is 2.38. The average Bonchev–Trinajstić information content (AvgIpc) is 3.16. The van der Waals surface area contributed by atoms with Crippen molar-refractivity contribution >= 4 is 29.1 Å². The van der Waals surface area contributed by atoms with Crippen LogP contribution in [0.1, 0.15) is 18.3 Å². The maximum absolute atomic E-state index is 12.1. The smallest absolute Gasteiger partial charge is 0.241 e. The molecule has 8 nitrogen and oxygen atoms in total. The summed E-state index contributed by atoms with van der Waals surface area (Å²) in [4.78, 5) is 23.6. The largest absolute Gasteiger partial charge is 0.368 e. The number of nitrogens with zero attached hydrogens (tertiary/aromatic N) is 5. The first-order chi connectivity index (χ1) is 16.3. The number of aryl methyl sites for hydroxylation is 2. The molecule has 0 radical (unpaired) electrons. The van der Waals surface area contributed by atoms with Crippen molar-refractivity contribution in [3.05, 3.63) is 64.9 Å². The van der Waals surface area contributed by atoms with E-state index in [9.17, 15) is 4.79 Å². The summed E-state index contributed by atoms with van der Waals surface area (Å²) in [6, 6.07) is 15.9. The van der Waals surface area contributed by atoms with Crippen molar-refractivity contribution < 1.29 is 4.79 Å². The third-order valence-electron chi connectivity index (χ3n) is 6.30. The lowest BCUT2D eigenvalue weighted by molar-refractivity contribution is -0.125. The van der Waals surface area contributed by atoms with Gasteiger partial charge in [-0.25, -0.2) is 0 Å². The molecular formula is C25H26ClN7O. The second kappa shape index (κ2) is 8.38. The summed E-state index contributed by atoms with van der Waals surface area (Å²) in [6.45, 7) is 7.38. The topological polar surface area (TPSA) is 101 Å². The van der Waals surface area contributed by atoms with E-state index in [-0.39, 0.29) is 5.91 Å². The number of fused-ring (bicyclic) bond motifs is 1. The van der Waals surface area contributed by atoms with Gasteiger partial charge in [0, 0.05) is 18.7 Å². The second-order valence-corrected chi connectivity index (χ2v) is 9.12. The first kappa shape index (κ1) is 22.3. The van der Waals surface area contributed by atoms with E-state index in [1.54, 1.807) is 4.52 Å². The zero-order valence-corrected chi connectivity index (χ0v) is 20.1. The molecule has 1 fully saturated rings. The Morgan fingerprint density at radius 2 is 1.82 bits per heavy atom. The Kier molecular flexibility index (Phi) is 5.50. The standard InChI is InChI=1S/C25H26ClN7O/c1-4-28-25(23(27)34)13-32(14-25)24-29-16(3)33-22(30-24)20(17-11-9-15(2)10-12-17)21(31-33)18-7-5-6-8-19(18)26/h5-12,28H,4,13-14H2,1-3H3,(H2,27,34). The number of primary amides is 1. The van der Waals surface area contributed by atoms with E-state index < -0.39 is 5.54 Å². The van der Waals surface area contributed by atoms with Crippen molar-refractivity contribution in [2.24, 2.45) is 5.73 Å². The number of amides is 1. The summed E-state index contributed by atoms with van der Waals surface area (Å²) in [5, 5.41) is 8.71. The highest BCUT2D eigenvalue weighted by atomic mass is 35.5. The summed E-state index contributed by atoms with van der Waals surface area (Å²) in [5.74, 6) is 0.861. The van der Waals surface area contributed by atoms with Gasteiger partial charge in [0.15, 0.2) is 5.65 Å². The molecule has 0 bridgehead atoms. The van der Waals surface area contributed by atoms with Crippen LogP contribution in [-0.2, 0) is 4.79 Å². The second-order valence-electron chi connectivity index (χ2n) is 8.71. The summed E-state index contributed by atoms with van der Waals surface area (Å²) < 4.78 is 1.75. The van der Waals surface area contributed by atoms with E-state index in [0.29, 0.717) is 42.1 Å². The van der Waals surface area contributed by atoms with Crippen LogP contribution in [0.2, 0.25) is 5.02 Å².